The van der Waals surface area contributed by atoms with Crippen LogP contribution in [-0.4, -0.2) is 9.97 Å². The van der Waals surface area contributed by atoms with E-state index >= 15 is 0 Å². The highest BCUT2D eigenvalue weighted by Gasteiger charge is 2.53. The summed E-state index contributed by atoms with van der Waals surface area (Å²) < 4.78 is 0. The predicted molar refractivity (Wildman–Crippen MR) is 294 cm³/mol. The average molecular weight is 911 g/mol. The van der Waals surface area contributed by atoms with Crippen molar-refractivity contribution in [2.45, 2.75) is 10.8 Å². The molecule has 4 aliphatic rings. The summed E-state index contributed by atoms with van der Waals surface area (Å²) in [5, 5.41) is 0. The summed E-state index contributed by atoms with van der Waals surface area (Å²) in [6, 6.07) is 94.3. The van der Waals surface area contributed by atoms with E-state index in [2.05, 4.69) is 255 Å². The minimum absolute atomic E-state index is 0.471. The SMILES string of the molecule is c1ccc(-c2nc3c(-c4ccc5c(c4)C4(c6ccccc6-c6ccccc64)c4ccccc4-5)ccc(-c4ccc5c(c4)C4(c6ccccc6-c6ccccc64)c4ccccc4-5)c3nc2-c2ccccc2)cc1. The van der Waals surface area contributed by atoms with Gasteiger partial charge >= 0.3 is 0 Å². The summed E-state index contributed by atoms with van der Waals surface area (Å²) in [7, 11) is 0. The number of nitrogens with zero attached hydrogens (tertiary/aromatic N) is 2. The first-order chi connectivity index (χ1) is 35.7. The molecule has 0 N–H and O–H groups in total. The molecule has 0 saturated carbocycles. The van der Waals surface area contributed by atoms with Crippen LogP contribution in [0.25, 0.3) is 100 Å². The lowest BCUT2D eigenvalue weighted by molar-refractivity contribution is 0.794. The van der Waals surface area contributed by atoms with Crippen LogP contribution in [0.2, 0.25) is 0 Å². The molecule has 1 aromatic heterocycles. The van der Waals surface area contributed by atoms with Crippen LogP contribution in [0.5, 0.6) is 0 Å². The number of rotatable bonds is 4. The highest BCUT2D eigenvalue weighted by molar-refractivity contribution is 6.05. The summed E-state index contributed by atoms with van der Waals surface area (Å²) >= 11 is 0. The van der Waals surface area contributed by atoms with Crippen molar-refractivity contribution in [1.82, 2.24) is 9.97 Å². The van der Waals surface area contributed by atoms with E-state index in [1.54, 1.807) is 0 Å². The van der Waals surface area contributed by atoms with Crippen LogP contribution in [0.15, 0.2) is 255 Å². The van der Waals surface area contributed by atoms with Crippen molar-refractivity contribution in [2.24, 2.45) is 0 Å². The topological polar surface area (TPSA) is 25.8 Å². The molecule has 0 unspecified atom stereocenters. The van der Waals surface area contributed by atoms with Gasteiger partial charge < -0.3 is 0 Å². The molecule has 0 radical (unpaired) electrons. The first kappa shape index (κ1) is 39.6. The molecule has 332 valence electrons. The van der Waals surface area contributed by atoms with Crippen molar-refractivity contribution in [2.75, 3.05) is 0 Å². The van der Waals surface area contributed by atoms with Gasteiger partial charge in [-0.2, -0.15) is 0 Å². The Balaban J connectivity index is 0.976. The van der Waals surface area contributed by atoms with E-state index in [4.69, 9.17) is 9.97 Å². The summed E-state index contributed by atoms with van der Waals surface area (Å²) in [6.45, 7) is 0. The molecule has 0 saturated heterocycles. The van der Waals surface area contributed by atoms with E-state index < -0.39 is 10.8 Å². The van der Waals surface area contributed by atoms with Crippen LogP contribution in [-0.2, 0) is 10.8 Å². The molecule has 0 aliphatic heterocycles. The molecule has 11 aromatic carbocycles. The third-order valence-electron chi connectivity index (χ3n) is 16.5. The molecule has 1 heterocycles. The van der Waals surface area contributed by atoms with Gasteiger partial charge in [-0.3, -0.25) is 0 Å². The largest absolute Gasteiger partial charge is 0.243 e. The van der Waals surface area contributed by atoms with Crippen molar-refractivity contribution in [3.8, 4) is 89.3 Å². The van der Waals surface area contributed by atoms with E-state index in [1.165, 1.54) is 89.0 Å². The van der Waals surface area contributed by atoms with Crippen molar-refractivity contribution >= 4 is 11.0 Å². The second-order valence-electron chi connectivity index (χ2n) is 19.8. The van der Waals surface area contributed by atoms with Crippen molar-refractivity contribution in [3.63, 3.8) is 0 Å². The first-order valence-electron chi connectivity index (χ1n) is 25.1. The van der Waals surface area contributed by atoms with E-state index in [0.29, 0.717) is 0 Å². The highest BCUT2D eigenvalue weighted by Crippen LogP contribution is 2.65. The molecule has 72 heavy (non-hydrogen) atoms. The van der Waals surface area contributed by atoms with Gasteiger partial charge in [0.1, 0.15) is 0 Å². The molecule has 2 heteroatoms. The van der Waals surface area contributed by atoms with E-state index in [1.807, 2.05) is 0 Å². The molecule has 2 nitrogen and oxygen atoms in total. The summed E-state index contributed by atoms with van der Waals surface area (Å²) in [6.07, 6.45) is 0. The fourth-order valence-electron chi connectivity index (χ4n) is 13.7. The molecular formula is C70H42N2. The van der Waals surface area contributed by atoms with Gasteiger partial charge in [-0.05, 0) is 112 Å². The van der Waals surface area contributed by atoms with Gasteiger partial charge in [0, 0.05) is 22.3 Å². The molecule has 16 rings (SSSR count). The zero-order chi connectivity index (χ0) is 47.1. The number of fused-ring (bicyclic) bond motifs is 21. The summed E-state index contributed by atoms with van der Waals surface area (Å²) in [4.78, 5) is 11.7. The van der Waals surface area contributed by atoms with Gasteiger partial charge in [0.2, 0.25) is 0 Å². The van der Waals surface area contributed by atoms with E-state index in [9.17, 15) is 0 Å². The zero-order valence-corrected chi connectivity index (χ0v) is 39.1. The standard InChI is InChI=1S/C70H42N2/c1-3-19-43(20-4-1)65-66(44-21-5-2-6-22-44)72-68-48(46-36-38-56-54-28-12-18-34-62(54)70(64(56)42-46)59-31-15-9-25-51(59)52-26-10-16-32-60(52)70)40-39-47(67(68)71-65)45-35-37-55-53-27-11-17-33-61(53)69(63(55)41-45)57-29-13-7-23-49(57)50-24-8-14-30-58(50)69/h1-42H. The Labute approximate surface area is 418 Å². The van der Waals surface area contributed by atoms with Crippen molar-refractivity contribution < 1.29 is 0 Å². The second-order valence-corrected chi connectivity index (χ2v) is 19.8. The van der Waals surface area contributed by atoms with Crippen molar-refractivity contribution in [1.29, 1.82) is 0 Å². The van der Waals surface area contributed by atoms with Gasteiger partial charge in [-0.25, -0.2) is 9.97 Å². The minimum Gasteiger partial charge on any atom is -0.243 e. The maximum Gasteiger partial charge on any atom is 0.0979 e. The summed E-state index contributed by atoms with van der Waals surface area (Å²) in [5.74, 6) is 0. The average Bonchev–Trinajstić information content (AvgIpc) is 4.14. The fraction of sp³-hybridized carbons (Fsp3) is 0.0286. The van der Waals surface area contributed by atoms with E-state index in [0.717, 1.165) is 55.8 Å². The molecule has 2 spiro atoms. The van der Waals surface area contributed by atoms with E-state index in [-0.39, 0.29) is 0 Å². The Hall–Kier alpha value is -9.24. The second kappa shape index (κ2) is 14.6. The maximum atomic E-state index is 5.85. The Morgan fingerprint density at radius 2 is 0.444 bits per heavy atom. The lowest BCUT2D eigenvalue weighted by Crippen LogP contribution is -2.25. The number of hydrogen-bond acceptors (Lipinski definition) is 2. The molecule has 12 aromatic rings. The quantitative estimate of drug-likeness (QED) is 0.176. The third kappa shape index (κ3) is 5.03. The van der Waals surface area contributed by atoms with Crippen LogP contribution >= 0.6 is 0 Å². The fourth-order valence-corrected chi connectivity index (χ4v) is 13.7. The Bertz CT molecular complexity index is 3880. The molecule has 0 bridgehead atoms. The van der Waals surface area contributed by atoms with Gasteiger partial charge in [-0.1, -0.05) is 243 Å². The molecular weight excluding hydrogens is 869 g/mol. The summed E-state index contributed by atoms with van der Waals surface area (Å²) in [5.41, 5.74) is 29.8. The normalized spacial score (nSPS) is 14.1. The van der Waals surface area contributed by atoms with Crippen LogP contribution in [0, 0.1) is 0 Å². The maximum absolute atomic E-state index is 5.85. The number of benzene rings is 11. The lowest BCUT2D eigenvalue weighted by atomic mass is 9.70. The number of aromatic nitrogens is 2. The smallest absolute Gasteiger partial charge is 0.0979 e. The molecule has 0 fully saturated rings. The van der Waals surface area contributed by atoms with Crippen LogP contribution in [0.3, 0.4) is 0 Å². The monoisotopic (exact) mass is 910 g/mol. The van der Waals surface area contributed by atoms with Gasteiger partial charge in [0.15, 0.2) is 0 Å². The molecule has 0 atom stereocenters. The first-order valence-corrected chi connectivity index (χ1v) is 25.1. The Morgan fingerprint density at radius 1 is 0.194 bits per heavy atom. The lowest BCUT2D eigenvalue weighted by Gasteiger charge is -2.31. The minimum atomic E-state index is -0.471. The van der Waals surface area contributed by atoms with Gasteiger partial charge in [0.05, 0.1) is 33.3 Å². The predicted octanol–water partition coefficient (Wildman–Crippen LogP) is 17.0. The van der Waals surface area contributed by atoms with Crippen LogP contribution < -0.4 is 0 Å². The third-order valence-corrected chi connectivity index (χ3v) is 16.5. The van der Waals surface area contributed by atoms with Gasteiger partial charge in [0.25, 0.3) is 0 Å². The molecule has 0 amide bonds. The Kier molecular flexibility index (Phi) is 8.05. The number of hydrogen-bond donors (Lipinski definition) is 0. The highest BCUT2D eigenvalue weighted by atomic mass is 14.8. The van der Waals surface area contributed by atoms with Crippen LogP contribution in [0.4, 0.5) is 0 Å². The van der Waals surface area contributed by atoms with Crippen LogP contribution in [0.1, 0.15) is 44.5 Å². The van der Waals surface area contributed by atoms with Crippen molar-refractivity contribution in [3.05, 3.63) is 299 Å². The van der Waals surface area contributed by atoms with Gasteiger partial charge in [-0.15, -0.1) is 0 Å². The zero-order valence-electron chi connectivity index (χ0n) is 39.1. The molecule has 4 aliphatic carbocycles. The Morgan fingerprint density at radius 3 is 0.750 bits per heavy atom.